The molecule has 0 aromatic carbocycles. The van der Waals surface area contributed by atoms with E-state index in [4.69, 9.17) is 0 Å². The van der Waals surface area contributed by atoms with Crippen molar-refractivity contribution in [3.05, 3.63) is 12.7 Å². The third-order valence-corrected chi connectivity index (χ3v) is 1.26. The molecule has 1 amide bonds. The topological polar surface area (TPSA) is 20.3 Å². The fourth-order valence-corrected chi connectivity index (χ4v) is 0.603. The number of hydrogen-bond acceptors (Lipinski definition) is 1. The van der Waals surface area contributed by atoms with E-state index in [0.717, 1.165) is 7.05 Å². The quantitative estimate of drug-likeness (QED) is 0.605. The molecule has 0 aliphatic carbocycles. The summed E-state index contributed by atoms with van der Waals surface area (Å²) in [6.45, 7) is 3.38. The van der Waals surface area contributed by atoms with Gasteiger partial charge in [-0.05, 0) is 6.42 Å². The molecule has 0 unspecified atom stereocenters. The summed E-state index contributed by atoms with van der Waals surface area (Å²) in [6.07, 6.45) is -2.95. The van der Waals surface area contributed by atoms with Crippen molar-refractivity contribution < 1.29 is 18.0 Å². The van der Waals surface area contributed by atoms with Gasteiger partial charge in [0.1, 0.15) is 0 Å². The van der Waals surface area contributed by atoms with Gasteiger partial charge >= 0.3 is 12.1 Å². The van der Waals surface area contributed by atoms with Crippen LogP contribution in [0.5, 0.6) is 0 Å². The first-order chi connectivity index (χ1) is 5.39. The highest BCUT2D eigenvalue weighted by molar-refractivity contribution is 5.81. The Kier molecular flexibility index (Phi) is 3.79. The van der Waals surface area contributed by atoms with Gasteiger partial charge in [0.2, 0.25) is 0 Å². The summed E-state index contributed by atoms with van der Waals surface area (Å²) in [5.41, 5.74) is 0. The van der Waals surface area contributed by atoms with Crippen LogP contribution < -0.4 is 0 Å². The Morgan fingerprint density at radius 2 is 2.08 bits per heavy atom. The van der Waals surface area contributed by atoms with Crippen molar-refractivity contribution in [3.63, 3.8) is 0 Å². The molecule has 2 nitrogen and oxygen atoms in total. The van der Waals surface area contributed by atoms with Crippen LogP contribution in [0.1, 0.15) is 6.42 Å². The Hall–Kier alpha value is -1.00. The second kappa shape index (κ2) is 4.13. The molecule has 0 aromatic rings. The van der Waals surface area contributed by atoms with Gasteiger partial charge in [0.05, 0.1) is 0 Å². The maximum absolute atomic E-state index is 11.7. The fraction of sp³-hybridized carbons (Fsp3) is 0.571. The summed E-state index contributed by atoms with van der Waals surface area (Å²) in [5.74, 6) is -1.82. The molecule has 5 heteroatoms. The summed E-state index contributed by atoms with van der Waals surface area (Å²) in [6, 6.07) is 0. The summed E-state index contributed by atoms with van der Waals surface area (Å²) in [4.78, 5) is 11.1. The van der Waals surface area contributed by atoms with E-state index in [1.165, 1.54) is 6.08 Å². The smallest absolute Gasteiger partial charge is 0.338 e. The first-order valence-corrected chi connectivity index (χ1v) is 3.32. The van der Waals surface area contributed by atoms with E-state index in [0.29, 0.717) is 11.3 Å². The number of carbonyl (C=O) groups excluding carboxylic acids is 1. The Morgan fingerprint density at radius 3 is 2.42 bits per heavy atom. The lowest BCUT2D eigenvalue weighted by atomic mass is 10.4. The van der Waals surface area contributed by atoms with E-state index in [1.54, 1.807) is 0 Å². The van der Waals surface area contributed by atoms with Gasteiger partial charge in [-0.3, -0.25) is 4.79 Å². The second-order valence-corrected chi connectivity index (χ2v) is 2.30. The largest absolute Gasteiger partial charge is 0.471 e. The zero-order chi connectivity index (χ0) is 9.78. The van der Waals surface area contributed by atoms with Gasteiger partial charge in [0, 0.05) is 13.6 Å². The Balaban J connectivity index is 4.02. The number of amides is 1. The lowest BCUT2D eigenvalue weighted by Gasteiger charge is -2.17. The van der Waals surface area contributed by atoms with Crippen LogP contribution in [0.4, 0.5) is 13.2 Å². The number of nitrogens with zero attached hydrogens (tertiary/aromatic N) is 1. The molecule has 0 aliphatic heterocycles. The lowest BCUT2D eigenvalue weighted by Crippen LogP contribution is -2.38. The Bertz CT molecular complexity index is 176. The minimum atomic E-state index is -4.77. The highest BCUT2D eigenvalue weighted by Crippen LogP contribution is 2.17. The molecule has 12 heavy (non-hydrogen) atoms. The van der Waals surface area contributed by atoms with Crippen LogP contribution in [-0.4, -0.2) is 30.6 Å². The van der Waals surface area contributed by atoms with E-state index in [1.807, 2.05) is 0 Å². The second-order valence-electron chi connectivity index (χ2n) is 2.30. The molecule has 0 atom stereocenters. The lowest BCUT2D eigenvalue weighted by molar-refractivity contribution is -0.183. The van der Waals surface area contributed by atoms with E-state index in [2.05, 4.69) is 6.58 Å². The predicted molar refractivity (Wildman–Crippen MR) is 38.5 cm³/mol. The van der Waals surface area contributed by atoms with Crippen molar-refractivity contribution in [1.82, 2.24) is 4.90 Å². The van der Waals surface area contributed by atoms with Gasteiger partial charge in [0.25, 0.3) is 0 Å². The standard InChI is InChI=1S/C7H10F3NO/c1-3-4-5-11(2)6(12)7(8,9)10/h3H,1,4-5H2,2H3. The molecule has 0 radical (unpaired) electrons. The maximum Gasteiger partial charge on any atom is 0.471 e. The number of halogens is 3. The van der Waals surface area contributed by atoms with Crippen molar-refractivity contribution in [2.75, 3.05) is 13.6 Å². The van der Waals surface area contributed by atoms with E-state index in [-0.39, 0.29) is 6.54 Å². The molecule has 0 aromatic heterocycles. The van der Waals surface area contributed by atoms with Gasteiger partial charge in [-0.15, -0.1) is 6.58 Å². The highest BCUT2D eigenvalue weighted by Gasteiger charge is 2.40. The molecule has 0 heterocycles. The average Bonchev–Trinajstić information content (AvgIpc) is 1.97. The van der Waals surface area contributed by atoms with Crippen LogP contribution in [0.3, 0.4) is 0 Å². The molecular formula is C7H10F3NO. The molecule has 0 rings (SSSR count). The van der Waals surface area contributed by atoms with Gasteiger partial charge in [0.15, 0.2) is 0 Å². The minimum absolute atomic E-state index is 0.0435. The monoisotopic (exact) mass is 181 g/mol. The summed E-state index contributed by atoms with van der Waals surface area (Å²) >= 11 is 0. The zero-order valence-corrected chi connectivity index (χ0v) is 6.69. The average molecular weight is 181 g/mol. The van der Waals surface area contributed by atoms with Crippen molar-refractivity contribution in [2.45, 2.75) is 12.6 Å². The number of alkyl halides is 3. The van der Waals surface area contributed by atoms with E-state index < -0.39 is 12.1 Å². The minimum Gasteiger partial charge on any atom is -0.338 e. The molecule has 0 N–H and O–H groups in total. The molecular weight excluding hydrogens is 171 g/mol. The molecule has 0 aliphatic rings. The number of hydrogen-bond donors (Lipinski definition) is 0. The van der Waals surface area contributed by atoms with Crippen molar-refractivity contribution >= 4 is 5.91 Å². The molecule has 0 spiro atoms. The van der Waals surface area contributed by atoms with Crippen LogP contribution in [0.15, 0.2) is 12.7 Å². The third kappa shape index (κ3) is 3.41. The normalized spacial score (nSPS) is 11.0. The van der Waals surface area contributed by atoms with E-state index in [9.17, 15) is 18.0 Å². The fourth-order valence-electron chi connectivity index (χ4n) is 0.603. The Morgan fingerprint density at radius 1 is 1.58 bits per heavy atom. The van der Waals surface area contributed by atoms with Crippen molar-refractivity contribution in [1.29, 1.82) is 0 Å². The van der Waals surface area contributed by atoms with Gasteiger partial charge in [-0.1, -0.05) is 6.08 Å². The maximum atomic E-state index is 11.7. The van der Waals surface area contributed by atoms with Crippen LogP contribution >= 0.6 is 0 Å². The van der Waals surface area contributed by atoms with Crippen LogP contribution in [0.2, 0.25) is 0 Å². The Labute approximate surface area is 68.7 Å². The van der Waals surface area contributed by atoms with Gasteiger partial charge in [-0.25, -0.2) is 0 Å². The zero-order valence-electron chi connectivity index (χ0n) is 6.69. The highest BCUT2D eigenvalue weighted by atomic mass is 19.4. The van der Waals surface area contributed by atoms with Crippen LogP contribution in [0, 0.1) is 0 Å². The SMILES string of the molecule is C=CCCN(C)C(=O)C(F)(F)F. The van der Waals surface area contributed by atoms with Gasteiger partial charge < -0.3 is 4.90 Å². The molecule has 70 valence electrons. The molecule has 0 bridgehead atoms. The summed E-state index contributed by atoms with van der Waals surface area (Å²) in [5, 5.41) is 0. The molecule has 0 saturated carbocycles. The predicted octanol–water partition coefficient (Wildman–Crippen LogP) is 1.58. The van der Waals surface area contributed by atoms with Crippen LogP contribution in [0.25, 0.3) is 0 Å². The number of carbonyl (C=O) groups is 1. The summed E-state index contributed by atoms with van der Waals surface area (Å²) in [7, 11) is 1.11. The first kappa shape index (κ1) is 11.0. The van der Waals surface area contributed by atoms with Gasteiger partial charge in [-0.2, -0.15) is 13.2 Å². The van der Waals surface area contributed by atoms with Crippen molar-refractivity contribution in [3.8, 4) is 0 Å². The van der Waals surface area contributed by atoms with Crippen molar-refractivity contribution in [2.24, 2.45) is 0 Å². The number of rotatable bonds is 3. The van der Waals surface area contributed by atoms with Crippen LogP contribution in [-0.2, 0) is 4.79 Å². The molecule has 0 saturated heterocycles. The first-order valence-electron chi connectivity index (χ1n) is 3.32. The molecule has 0 fully saturated rings. The third-order valence-electron chi connectivity index (χ3n) is 1.26. The van der Waals surface area contributed by atoms with E-state index >= 15 is 0 Å². The summed E-state index contributed by atoms with van der Waals surface area (Å²) < 4.78 is 35.1.